The first-order valence-electron chi connectivity index (χ1n) is 7.29. The number of likely N-dealkylation sites (N-methyl/N-ethyl adjacent to an activating group) is 1. The van der Waals surface area contributed by atoms with Crippen molar-refractivity contribution in [3.8, 4) is 5.75 Å². The van der Waals surface area contributed by atoms with Gasteiger partial charge in [-0.3, -0.25) is 4.79 Å². The van der Waals surface area contributed by atoms with E-state index in [-0.39, 0.29) is 18.4 Å². The molecular formula is C15H22N6O2. The van der Waals surface area contributed by atoms with E-state index in [0.717, 1.165) is 11.3 Å². The summed E-state index contributed by atoms with van der Waals surface area (Å²) in [5.41, 5.74) is 1.11. The molecule has 8 nitrogen and oxygen atoms in total. The van der Waals surface area contributed by atoms with Gasteiger partial charge in [0, 0.05) is 13.6 Å². The molecule has 8 heteroatoms. The lowest BCUT2D eigenvalue weighted by molar-refractivity contribution is -0.120. The molecule has 2 rings (SSSR count). The van der Waals surface area contributed by atoms with E-state index in [0.29, 0.717) is 12.4 Å². The minimum atomic E-state index is -0.108. The second kappa shape index (κ2) is 7.68. The molecule has 1 aromatic heterocycles. The minimum absolute atomic E-state index is 0.0717. The van der Waals surface area contributed by atoms with E-state index in [1.54, 1.807) is 14.2 Å². The standard InChI is InChI=1S/C15H22N6O2/c1-20(2)13(11-5-7-12(23-4)8-6-11)10-16-15(22)9-14-17-18-19-21(14)3/h5-8,13H,9-10H2,1-4H3,(H,16,22). The fourth-order valence-electron chi connectivity index (χ4n) is 2.24. The number of tetrazole rings is 1. The smallest absolute Gasteiger partial charge is 0.227 e. The predicted molar refractivity (Wildman–Crippen MR) is 84.9 cm³/mol. The van der Waals surface area contributed by atoms with Gasteiger partial charge in [-0.1, -0.05) is 12.1 Å². The lowest BCUT2D eigenvalue weighted by Gasteiger charge is -2.25. The van der Waals surface area contributed by atoms with Crippen molar-refractivity contribution in [2.75, 3.05) is 27.7 Å². The third kappa shape index (κ3) is 4.49. The first-order valence-corrected chi connectivity index (χ1v) is 7.29. The van der Waals surface area contributed by atoms with E-state index in [4.69, 9.17) is 4.74 Å². The molecule has 0 spiro atoms. The van der Waals surface area contributed by atoms with Crippen LogP contribution in [0.4, 0.5) is 0 Å². The SMILES string of the molecule is COc1ccc(C(CNC(=O)Cc2nnnn2C)N(C)C)cc1. The number of carbonyl (C=O) groups excluding carboxylic acids is 1. The average molecular weight is 318 g/mol. The topological polar surface area (TPSA) is 85.2 Å². The van der Waals surface area contributed by atoms with Gasteiger partial charge in [-0.15, -0.1) is 5.10 Å². The molecule has 0 fully saturated rings. The van der Waals surface area contributed by atoms with E-state index in [9.17, 15) is 4.79 Å². The number of benzene rings is 1. The maximum Gasteiger partial charge on any atom is 0.227 e. The van der Waals surface area contributed by atoms with Gasteiger partial charge in [0.2, 0.25) is 5.91 Å². The number of rotatable bonds is 7. The van der Waals surface area contributed by atoms with E-state index >= 15 is 0 Å². The van der Waals surface area contributed by atoms with Crippen LogP contribution in [0.5, 0.6) is 5.75 Å². The Labute approximate surface area is 135 Å². The van der Waals surface area contributed by atoms with Crippen molar-refractivity contribution >= 4 is 5.91 Å². The Morgan fingerprint density at radius 2 is 2.04 bits per heavy atom. The normalized spacial score (nSPS) is 12.2. The summed E-state index contributed by atoms with van der Waals surface area (Å²) in [6, 6.07) is 7.91. The monoisotopic (exact) mass is 318 g/mol. The third-order valence-electron chi connectivity index (χ3n) is 3.64. The summed E-state index contributed by atoms with van der Waals surface area (Å²) >= 11 is 0. The highest BCUT2D eigenvalue weighted by Crippen LogP contribution is 2.20. The first-order chi connectivity index (χ1) is 11.0. The number of methoxy groups -OCH3 is 1. The molecule has 1 N–H and O–H groups in total. The van der Waals surface area contributed by atoms with E-state index in [1.165, 1.54) is 4.68 Å². The third-order valence-corrected chi connectivity index (χ3v) is 3.64. The molecule has 0 saturated heterocycles. The number of ether oxygens (including phenoxy) is 1. The summed E-state index contributed by atoms with van der Waals surface area (Å²) in [7, 11) is 7.31. The van der Waals surface area contributed by atoms with Gasteiger partial charge in [-0.25, -0.2) is 4.68 Å². The molecule has 1 heterocycles. The zero-order chi connectivity index (χ0) is 16.8. The molecule has 1 aromatic carbocycles. The second-order valence-corrected chi connectivity index (χ2v) is 5.45. The van der Waals surface area contributed by atoms with Crippen molar-refractivity contribution in [1.29, 1.82) is 0 Å². The Kier molecular flexibility index (Phi) is 5.64. The number of aryl methyl sites for hydroxylation is 1. The van der Waals surface area contributed by atoms with Crippen LogP contribution in [0.25, 0.3) is 0 Å². The van der Waals surface area contributed by atoms with Crippen molar-refractivity contribution in [1.82, 2.24) is 30.4 Å². The van der Waals surface area contributed by atoms with Gasteiger partial charge in [0.25, 0.3) is 0 Å². The summed E-state index contributed by atoms with van der Waals surface area (Å²) in [4.78, 5) is 14.1. The van der Waals surface area contributed by atoms with Gasteiger partial charge in [0.1, 0.15) is 5.75 Å². The first kappa shape index (κ1) is 16.9. The predicted octanol–water partition coefficient (Wildman–Crippen LogP) is 0.180. The van der Waals surface area contributed by atoms with Gasteiger partial charge >= 0.3 is 0 Å². The summed E-state index contributed by atoms with van der Waals surface area (Å²) in [5, 5.41) is 14.0. The minimum Gasteiger partial charge on any atom is -0.497 e. The lowest BCUT2D eigenvalue weighted by Crippen LogP contribution is -2.35. The molecule has 0 aliphatic heterocycles. The van der Waals surface area contributed by atoms with Crippen LogP contribution in [0.3, 0.4) is 0 Å². The molecule has 0 radical (unpaired) electrons. The van der Waals surface area contributed by atoms with Crippen molar-refractivity contribution in [3.05, 3.63) is 35.7 Å². The Hall–Kier alpha value is -2.48. The van der Waals surface area contributed by atoms with Crippen LogP contribution in [-0.4, -0.2) is 58.8 Å². The van der Waals surface area contributed by atoms with Gasteiger partial charge in [-0.05, 0) is 42.2 Å². The molecule has 0 saturated carbocycles. The average Bonchev–Trinajstić information content (AvgIpc) is 2.93. The van der Waals surface area contributed by atoms with Gasteiger partial charge in [-0.2, -0.15) is 0 Å². The highest BCUT2D eigenvalue weighted by Gasteiger charge is 2.16. The number of nitrogens with zero attached hydrogens (tertiary/aromatic N) is 5. The van der Waals surface area contributed by atoms with E-state index in [1.807, 2.05) is 38.4 Å². The molecule has 0 aliphatic carbocycles. The number of nitrogens with one attached hydrogen (secondary N) is 1. The molecule has 1 atom stereocenters. The summed E-state index contributed by atoms with van der Waals surface area (Å²) in [6.45, 7) is 0.503. The fraction of sp³-hybridized carbons (Fsp3) is 0.467. The van der Waals surface area contributed by atoms with Gasteiger partial charge in [0.05, 0.1) is 19.6 Å². The zero-order valence-corrected chi connectivity index (χ0v) is 13.9. The molecule has 124 valence electrons. The molecular weight excluding hydrogens is 296 g/mol. The van der Waals surface area contributed by atoms with Crippen molar-refractivity contribution in [3.63, 3.8) is 0 Å². The number of amides is 1. The van der Waals surface area contributed by atoms with Crippen LogP contribution in [0.15, 0.2) is 24.3 Å². The highest BCUT2D eigenvalue weighted by molar-refractivity contribution is 5.77. The number of hydrogen-bond acceptors (Lipinski definition) is 6. The number of aromatic nitrogens is 4. The Morgan fingerprint density at radius 3 is 2.57 bits per heavy atom. The van der Waals surface area contributed by atoms with Crippen molar-refractivity contribution < 1.29 is 9.53 Å². The van der Waals surface area contributed by atoms with Crippen LogP contribution in [0, 0.1) is 0 Å². The Balaban J connectivity index is 1.96. The number of carbonyl (C=O) groups is 1. The quantitative estimate of drug-likeness (QED) is 0.784. The second-order valence-electron chi connectivity index (χ2n) is 5.45. The molecule has 2 aromatic rings. The summed E-state index contributed by atoms with van der Waals surface area (Å²) in [5.74, 6) is 1.24. The molecule has 1 unspecified atom stereocenters. The summed E-state index contributed by atoms with van der Waals surface area (Å²) < 4.78 is 6.67. The number of hydrogen-bond donors (Lipinski definition) is 1. The van der Waals surface area contributed by atoms with Crippen molar-refractivity contribution in [2.24, 2.45) is 7.05 Å². The van der Waals surface area contributed by atoms with E-state index < -0.39 is 0 Å². The molecule has 0 aliphatic rings. The molecule has 0 bridgehead atoms. The zero-order valence-electron chi connectivity index (χ0n) is 13.9. The maximum absolute atomic E-state index is 12.1. The summed E-state index contributed by atoms with van der Waals surface area (Å²) in [6.07, 6.45) is 0.159. The van der Waals surface area contributed by atoms with Gasteiger partial charge in [0.15, 0.2) is 5.82 Å². The largest absolute Gasteiger partial charge is 0.497 e. The van der Waals surface area contributed by atoms with Crippen LogP contribution in [0.1, 0.15) is 17.4 Å². The Bertz CT molecular complexity index is 638. The van der Waals surface area contributed by atoms with Crippen LogP contribution in [0.2, 0.25) is 0 Å². The van der Waals surface area contributed by atoms with Crippen LogP contribution in [-0.2, 0) is 18.3 Å². The van der Waals surface area contributed by atoms with E-state index in [2.05, 4.69) is 25.7 Å². The lowest BCUT2D eigenvalue weighted by atomic mass is 10.1. The molecule has 1 amide bonds. The van der Waals surface area contributed by atoms with Crippen LogP contribution >= 0.6 is 0 Å². The maximum atomic E-state index is 12.1. The highest BCUT2D eigenvalue weighted by atomic mass is 16.5. The van der Waals surface area contributed by atoms with Crippen LogP contribution < -0.4 is 10.1 Å². The fourth-order valence-corrected chi connectivity index (χ4v) is 2.24. The Morgan fingerprint density at radius 1 is 1.35 bits per heavy atom. The van der Waals surface area contributed by atoms with Crippen molar-refractivity contribution in [2.45, 2.75) is 12.5 Å². The van der Waals surface area contributed by atoms with Gasteiger partial charge < -0.3 is 15.0 Å². The molecule has 23 heavy (non-hydrogen) atoms.